The first-order valence-electron chi connectivity index (χ1n) is 6.52. The van der Waals surface area contributed by atoms with Gasteiger partial charge in [-0.2, -0.15) is 0 Å². The summed E-state index contributed by atoms with van der Waals surface area (Å²) < 4.78 is 13.6. The van der Waals surface area contributed by atoms with Crippen molar-refractivity contribution in [3.8, 4) is 0 Å². The summed E-state index contributed by atoms with van der Waals surface area (Å²) in [6, 6.07) is 4.12. The lowest BCUT2D eigenvalue weighted by Gasteiger charge is -2.16. The van der Waals surface area contributed by atoms with E-state index in [1.54, 1.807) is 0 Å². The van der Waals surface area contributed by atoms with Crippen LogP contribution in [0.25, 0.3) is 6.08 Å². The molecule has 0 aromatic heterocycles. The van der Waals surface area contributed by atoms with Crippen LogP contribution in [-0.4, -0.2) is 27.8 Å². The number of likely N-dealkylation sites (tertiary alicyclic amines) is 1. The zero-order valence-electron chi connectivity index (χ0n) is 11.0. The van der Waals surface area contributed by atoms with Crippen LogP contribution in [0.1, 0.15) is 17.5 Å². The van der Waals surface area contributed by atoms with Crippen molar-refractivity contribution < 1.29 is 23.9 Å². The second-order valence-electron chi connectivity index (χ2n) is 5.24. The molecular formula is C15H12FNO4. The lowest BCUT2D eigenvalue weighted by Crippen LogP contribution is -2.32. The van der Waals surface area contributed by atoms with Crippen molar-refractivity contribution in [2.24, 2.45) is 11.8 Å². The highest BCUT2D eigenvalue weighted by Gasteiger charge is 2.58. The maximum absolute atomic E-state index is 13.6. The minimum absolute atomic E-state index is 0.0961. The number of imide groups is 1. The van der Waals surface area contributed by atoms with Gasteiger partial charge in [0.2, 0.25) is 11.8 Å². The first-order valence-corrected chi connectivity index (χ1v) is 6.52. The van der Waals surface area contributed by atoms with Crippen molar-refractivity contribution in [2.45, 2.75) is 13.0 Å². The maximum atomic E-state index is 13.6. The molecule has 108 valence electrons. The van der Waals surface area contributed by atoms with E-state index in [2.05, 4.69) is 0 Å². The zero-order valence-corrected chi connectivity index (χ0v) is 11.0. The third kappa shape index (κ3) is 2.44. The maximum Gasteiger partial charge on any atom is 0.328 e. The van der Waals surface area contributed by atoms with Crippen LogP contribution < -0.4 is 0 Å². The molecule has 1 aliphatic carbocycles. The molecule has 0 bridgehead atoms. The van der Waals surface area contributed by atoms with Gasteiger partial charge >= 0.3 is 5.97 Å². The molecule has 1 heterocycles. The average Bonchev–Trinajstić information content (AvgIpc) is 3.19. The number of piperidine rings is 1. The van der Waals surface area contributed by atoms with E-state index in [0.717, 1.165) is 12.2 Å². The van der Waals surface area contributed by atoms with E-state index in [1.807, 2.05) is 0 Å². The molecule has 1 saturated heterocycles. The summed E-state index contributed by atoms with van der Waals surface area (Å²) in [5.74, 6) is -2.40. The van der Waals surface area contributed by atoms with Gasteiger partial charge in [-0.05, 0) is 30.2 Å². The zero-order chi connectivity index (χ0) is 15.1. The number of carboxylic acids is 1. The second-order valence-corrected chi connectivity index (χ2v) is 5.24. The van der Waals surface area contributed by atoms with Gasteiger partial charge in [0.15, 0.2) is 0 Å². The summed E-state index contributed by atoms with van der Waals surface area (Å²) in [6.07, 6.45) is 2.62. The van der Waals surface area contributed by atoms with Crippen molar-refractivity contribution in [2.75, 3.05) is 0 Å². The summed E-state index contributed by atoms with van der Waals surface area (Å²) in [7, 11) is 0. The Morgan fingerprint density at radius 1 is 1.33 bits per heavy atom. The van der Waals surface area contributed by atoms with E-state index in [4.69, 9.17) is 5.11 Å². The predicted octanol–water partition coefficient (Wildman–Crippen LogP) is 1.43. The molecular weight excluding hydrogens is 277 g/mol. The van der Waals surface area contributed by atoms with Gasteiger partial charge < -0.3 is 5.11 Å². The molecule has 2 atom stereocenters. The third-order valence-electron chi connectivity index (χ3n) is 3.76. The molecule has 2 fully saturated rings. The number of carbonyl (C=O) groups excluding carboxylic acids is 2. The van der Waals surface area contributed by atoms with Gasteiger partial charge in [-0.3, -0.25) is 14.5 Å². The molecule has 1 aromatic rings. The highest BCUT2D eigenvalue weighted by Crippen LogP contribution is 2.47. The summed E-state index contributed by atoms with van der Waals surface area (Å²) in [5, 5.41) is 8.56. The Kier molecular flexibility index (Phi) is 3.08. The predicted molar refractivity (Wildman–Crippen MR) is 70.2 cm³/mol. The first kappa shape index (κ1) is 13.5. The molecule has 0 spiro atoms. The van der Waals surface area contributed by atoms with E-state index in [1.165, 1.54) is 23.1 Å². The molecule has 1 aromatic carbocycles. The molecule has 2 aliphatic rings. The summed E-state index contributed by atoms with van der Waals surface area (Å²) in [4.78, 5) is 35.4. The van der Waals surface area contributed by atoms with Crippen LogP contribution in [0.5, 0.6) is 0 Å². The fraction of sp³-hybridized carbons (Fsp3) is 0.267. The topological polar surface area (TPSA) is 74.7 Å². The van der Waals surface area contributed by atoms with E-state index in [0.29, 0.717) is 12.0 Å². The Hall–Kier alpha value is -2.50. The van der Waals surface area contributed by atoms with E-state index >= 15 is 0 Å². The standard InChI is InChI=1S/C15H12FNO4/c16-12-3-1-8(5-9(12)2-4-13(18)19)7-17-14(20)10-6-11(10)15(17)21/h1-5,10-11H,6-7H2,(H,18,19). The molecule has 1 N–H and O–H groups in total. The fourth-order valence-electron chi connectivity index (χ4n) is 2.57. The van der Waals surface area contributed by atoms with Gasteiger partial charge in [0.1, 0.15) is 5.82 Å². The molecule has 21 heavy (non-hydrogen) atoms. The number of halogens is 1. The Morgan fingerprint density at radius 2 is 2.00 bits per heavy atom. The quantitative estimate of drug-likeness (QED) is 0.672. The number of aliphatic carboxylic acids is 1. The molecule has 2 unspecified atom stereocenters. The minimum Gasteiger partial charge on any atom is -0.478 e. The molecule has 2 amide bonds. The number of amides is 2. The number of carbonyl (C=O) groups is 3. The van der Waals surface area contributed by atoms with E-state index < -0.39 is 11.8 Å². The summed E-state index contributed by atoms with van der Waals surface area (Å²) in [6.45, 7) is 0.0961. The molecule has 1 saturated carbocycles. The van der Waals surface area contributed by atoms with Gasteiger partial charge in [0.05, 0.1) is 18.4 Å². The van der Waals surface area contributed by atoms with Gasteiger partial charge in [0.25, 0.3) is 0 Å². The Morgan fingerprint density at radius 3 is 2.62 bits per heavy atom. The molecule has 3 rings (SSSR count). The largest absolute Gasteiger partial charge is 0.478 e. The Labute approximate surface area is 119 Å². The van der Waals surface area contributed by atoms with Crippen LogP contribution in [-0.2, 0) is 20.9 Å². The number of hydrogen-bond donors (Lipinski definition) is 1. The highest BCUT2D eigenvalue weighted by molar-refractivity contribution is 6.08. The van der Waals surface area contributed by atoms with Crippen LogP contribution in [0.3, 0.4) is 0 Å². The fourth-order valence-corrected chi connectivity index (χ4v) is 2.57. The smallest absolute Gasteiger partial charge is 0.328 e. The normalized spacial score (nSPS) is 23.8. The number of hydrogen-bond acceptors (Lipinski definition) is 3. The molecule has 5 nitrogen and oxygen atoms in total. The van der Waals surface area contributed by atoms with Crippen LogP contribution in [0, 0.1) is 17.7 Å². The average molecular weight is 289 g/mol. The van der Waals surface area contributed by atoms with Gasteiger partial charge in [-0.1, -0.05) is 6.07 Å². The Balaban J connectivity index is 1.80. The van der Waals surface area contributed by atoms with Crippen molar-refractivity contribution in [1.82, 2.24) is 4.90 Å². The van der Waals surface area contributed by atoms with Crippen LogP contribution >= 0.6 is 0 Å². The second kappa shape index (κ2) is 4.80. The third-order valence-corrected chi connectivity index (χ3v) is 3.76. The number of rotatable bonds is 4. The number of benzene rings is 1. The minimum atomic E-state index is -1.18. The number of fused-ring (bicyclic) bond motifs is 1. The summed E-state index contributed by atoms with van der Waals surface area (Å²) in [5.41, 5.74) is 0.698. The van der Waals surface area contributed by atoms with Gasteiger partial charge in [-0.25, -0.2) is 9.18 Å². The van der Waals surface area contributed by atoms with Crippen molar-refractivity contribution in [1.29, 1.82) is 0 Å². The lowest BCUT2D eigenvalue weighted by atomic mass is 10.1. The van der Waals surface area contributed by atoms with Crippen molar-refractivity contribution in [3.05, 3.63) is 41.2 Å². The summed E-state index contributed by atoms with van der Waals surface area (Å²) >= 11 is 0. The van der Waals surface area contributed by atoms with Crippen LogP contribution in [0.15, 0.2) is 24.3 Å². The highest BCUT2D eigenvalue weighted by atomic mass is 19.1. The molecule has 6 heteroatoms. The van der Waals surface area contributed by atoms with Crippen LogP contribution in [0.4, 0.5) is 4.39 Å². The number of carboxylic acid groups (broad SMARTS) is 1. The SMILES string of the molecule is O=C(O)C=Cc1cc(CN2C(=O)C3CC3C2=O)ccc1F. The monoisotopic (exact) mass is 289 g/mol. The van der Waals surface area contributed by atoms with Gasteiger partial charge in [0, 0.05) is 11.6 Å². The lowest BCUT2D eigenvalue weighted by molar-refractivity contribution is -0.142. The van der Waals surface area contributed by atoms with Gasteiger partial charge in [-0.15, -0.1) is 0 Å². The molecule has 0 radical (unpaired) electrons. The van der Waals surface area contributed by atoms with Crippen molar-refractivity contribution in [3.63, 3.8) is 0 Å². The number of nitrogens with zero attached hydrogens (tertiary/aromatic N) is 1. The molecule has 1 aliphatic heterocycles. The van der Waals surface area contributed by atoms with E-state index in [9.17, 15) is 18.8 Å². The van der Waals surface area contributed by atoms with Crippen LogP contribution in [0.2, 0.25) is 0 Å². The first-order chi connectivity index (χ1) is 9.97. The Bertz CT molecular complexity index is 662. The van der Waals surface area contributed by atoms with Crippen molar-refractivity contribution >= 4 is 23.9 Å². The van der Waals surface area contributed by atoms with E-state index in [-0.39, 0.29) is 35.8 Å².